The first-order valence-electron chi connectivity index (χ1n) is 17.1. The number of aromatic nitrogens is 5. The van der Waals surface area contributed by atoms with Gasteiger partial charge in [0.25, 0.3) is 12.3 Å². The average molecular weight is 680 g/mol. The molecule has 0 spiro atoms. The second kappa shape index (κ2) is 13.5. The van der Waals surface area contributed by atoms with Gasteiger partial charge in [-0.15, -0.1) is 0 Å². The third kappa shape index (κ3) is 7.35. The van der Waals surface area contributed by atoms with E-state index >= 15 is 0 Å². The highest BCUT2D eigenvalue weighted by molar-refractivity contribution is 6.08. The maximum absolute atomic E-state index is 14.1. The van der Waals surface area contributed by atoms with Gasteiger partial charge in [0.15, 0.2) is 11.3 Å². The average Bonchev–Trinajstić information content (AvgIpc) is 3.88. The van der Waals surface area contributed by atoms with Crippen LogP contribution in [-0.2, 0) is 9.47 Å². The number of hydrogen-bond donors (Lipinski definition) is 1. The predicted octanol–water partition coefficient (Wildman–Crippen LogP) is 4.38. The Bertz CT molecular complexity index is 1740. The molecule has 13 nitrogen and oxygen atoms in total. The SMILES string of the molecule is CC(C)(C)OC(=O)N1CCC(C#CCN2CCC(n3cc(NC(=O)c4cnn5ccc(N6C[C@H]7C[C@@H]6CO7)nc45)c(C(F)F)n3)CC2)CC1. The zero-order valence-corrected chi connectivity index (χ0v) is 28.1. The molecule has 0 unspecified atom stereocenters. The van der Waals surface area contributed by atoms with Crippen molar-refractivity contribution in [3.8, 4) is 11.8 Å². The molecule has 4 saturated heterocycles. The lowest BCUT2D eigenvalue weighted by atomic mass is 9.97. The number of piperidine rings is 2. The van der Waals surface area contributed by atoms with Crippen molar-refractivity contribution < 1.29 is 27.8 Å². The van der Waals surface area contributed by atoms with E-state index in [0.29, 0.717) is 31.9 Å². The van der Waals surface area contributed by atoms with E-state index in [1.807, 2.05) is 26.8 Å². The van der Waals surface area contributed by atoms with E-state index < -0.39 is 23.6 Å². The monoisotopic (exact) mass is 679 g/mol. The molecular formula is C34H43F2N9O4. The number of fused-ring (bicyclic) bond motifs is 3. The van der Waals surface area contributed by atoms with Crippen molar-refractivity contribution >= 4 is 29.2 Å². The number of alkyl halides is 2. The minimum absolute atomic E-state index is 0.0180. The summed E-state index contributed by atoms with van der Waals surface area (Å²) in [4.78, 5) is 36.6. The minimum atomic E-state index is -2.86. The highest BCUT2D eigenvalue weighted by Gasteiger charge is 2.40. The van der Waals surface area contributed by atoms with Crippen LogP contribution in [0.3, 0.4) is 0 Å². The van der Waals surface area contributed by atoms with Gasteiger partial charge in [-0.2, -0.15) is 10.2 Å². The second-order valence-corrected chi connectivity index (χ2v) is 14.3. The summed E-state index contributed by atoms with van der Waals surface area (Å²) < 4.78 is 42.5. The van der Waals surface area contributed by atoms with Gasteiger partial charge in [0.05, 0.1) is 43.2 Å². The Hall–Kier alpha value is -4.29. The normalized spacial score (nSPS) is 22.2. The number of likely N-dealkylation sites (tertiary alicyclic amines) is 2. The molecule has 7 rings (SSSR count). The predicted molar refractivity (Wildman–Crippen MR) is 177 cm³/mol. The van der Waals surface area contributed by atoms with Gasteiger partial charge < -0.3 is 24.6 Å². The molecule has 2 atom stereocenters. The van der Waals surface area contributed by atoms with Crippen molar-refractivity contribution in [2.45, 2.75) is 83.1 Å². The van der Waals surface area contributed by atoms with Gasteiger partial charge in [0, 0.05) is 51.0 Å². The summed E-state index contributed by atoms with van der Waals surface area (Å²) in [5.41, 5.74) is -0.441. The molecule has 49 heavy (non-hydrogen) atoms. The van der Waals surface area contributed by atoms with Gasteiger partial charge in [0.1, 0.15) is 17.0 Å². The van der Waals surface area contributed by atoms with Gasteiger partial charge in [-0.25, -0.2) is 23.1 Å². The molecule has 15 heteroatoms. The van der Waals surface area contributed by atoms with Crippen LogP contribution in [0.1, 0.15) is 81.4 Å². The van der Waals surface area contributed by atoms with Crippen molar-refractivity contribution in [3.05, 3.63) is 35.9 Å². The molecule has 2 amide bonds. The molecule has 2 bridgehead atoms. The van der Waals surface area contributed by atoms with Crippen LogP contribution in [0.2, 0.25) is 0 Å². The third-order valence-electron chi connectivity index (χ3n) is 9.70. The zero-order valence-electron chi connectivity index (χ0n) is 28.1. The van der Waals surface area contributed by atoms with Crippen LogP contribution in [0, 0.1) is 17.8 Å². The highest BCUT2D eigenvalue weighted by atomic mass is 19.3. The number of carbonyl (C=O) groups is 2. The summed E-state index contributed by atoms with van der Waals surface area (Å²) in [6.07, 6.45) is 5.76. The Kier molecular flexibility index (Phi) is 9.19. The van der Waals surface area contributed by atoms with Crippen molar-refractivity contribution in [2.24, 2.45) is 5.92 Å². The standard InChI is InChI=1S/C34H43F2N9O4/c1-34(2,3)49-33(47)42-14-6-22(7-15-42)5-4-11-41-12-8-23(9-13-41)45-20-27(29(40-45)30(35)36)38-32(46)26-18-37-44-16-10-28(39-31(26)44)43-19-25-17-24(43)21-48-25/h10,16,18,20,22-25,30H,6-9,11-15,17,19,21H2,1-3H3,(H,38,46)/t24-,25-/m1/s1. The summed E-state index contributed by atoms with van der Waals surface area (Å²) in [6.45, 7) is 10.4. The number of morpholine rings is 1. The van der Waals surface area contributed by atoms with Crippen LogP contribution >= 0.6 is 0 Å². The fraction of sp³-hybridized carbons (Fsp3) is 0.618. The van der Waals surface area contributed by atoms with Crippen LogP contribution in [0.5, 0.6) is 0 Å². The molecule has 1 N–H and O–H groups in total. The Labute approximate surface area is 283 Å². The fourth-order valence-electron chi connectivity index (χ4n) is 7.08. The van der Waals surface area contributed by atoms with Crippen LogP contribution < -0.4 is 10.2 Å². The zero-order chi connectivity index (χ0) is 34.3. The van der Waals surface area contributed by atoms with Crippen LogP contribution in [0.15, 0.2) is 24.7 Å². The lowest BCUT2D eigenvalue weighted by Crippen LogP contribution is -2.41. The van der Waals surface area contributed by atoms with E-state index in [1.165, 1.54) is 16.9 Å². The number of nitrogens with one attached hydrogen (secondary N) is 1. The Morgan fingerprint density at radius 3 is 2.57 bits per heavy atom. The van der Waals surface area contributed by atoms with E-state index in [1.54, 1.807) is 15.8 Å². The van der Waals surface area contributed by atoms with E-state index in [0.717, 1.165) is 57.6 Å². The van der Waals surface area contributed by atoms with Crippen LogP contribution in [0.4, 0.5) is 25.1 Å². The minimum Gasteiger partial charge on any atom is -0.444 e. The number of rotatable bonds is 6. The van der Waals surface area contributed by atoms with Crippen LogP contribution in [0.25, 0.3) is 5.65 Å². The first kappa shape index (κ1) is 33.2. The van der Waals surface area contributed by atoms with E-state index in [4.69, 9.17) is 14.5 Å². The summed E-state index contributed by atoms with van der Waals surface area (Å²) in [5.74, 6) is 7.10. The molecule has 0 saturated carbocycles. The van der Waals surface area contributed by atoms with Gasteiger partial charge in [-0.3, -0.25) is 14.4 Å². The van der Waals surface area contributed by atoms with Crippen molar-refractivity contribution in [3.63, 3.8) is 0 Å². The summed E-state index contributed by atoms with van der Waals surface area (Å²) in [6, 6.07) is 2.03. The topological polar surface area (TPSA) is 122 Å². The first-order valence-corrected chi connectivity index (χ1v) is 17.1. The Morgan fingerprint density at radius 1 is 1.12 bits per heavy atom. The number of anilines is 2. The fourth-order valence-corrected chi connectivity index (χ4v) is 7.08. The number of nitrogens with zero attached hydrogens (tertiary/aromatic N) is 8. The second-order valence-electron chi connectivity index (χ2n) is 14.3. The maximum atomic E-state index is 14.1. The molecule has 4 aliphatic heterocycles. The Balaban J connectivity index is 0.932. The molecule has 7 heterocycles. The molecule has 0 radical (unpaired) electrons. The largest absolute Gasteiger partial charge is 0.444 e. The van der Waals surface area contributed by atoms with E-state index in [9.17, 15) is 18.4 Å². The van der Waals surface area contributed by atoms with E-state index in [2.05, 4.69) is 37.2 Å². The molecule has 0 aliphatic carbocycles. The van der Waals surface area contributed by atoms with Crippen LogP contribution in [-0.4, -0.2) is 110 Å². The summed E-state index contributed by atoms with van der Waals surface area (Å²) in [7, 11) is 0. The molecule has 4 fully saturated rings. The molecule has 0 aromatic carbocycles. The quantitative estimate of drug-likeness (QED) is 0.379. The lowest BCUT2D eigenvalue weighted by Gasteiger charge is -2.32. The smallest absolute Gasteiger partial charge is 0.410 e. The molecule has 3 aromatic rings. The molecular weight excluding hydrogens is 636 g/mol. The van der Waals surface area contributed by atoms with E-state index in [-0.39, 0.29) is 41.4 Å². The lowest BCUT2D eigenvalue weighted by molar-refractivity contribution is 0.0199. The summed E-state index contributed by atoms with van der Waals surface area (Å²) >= 11 is 0. The number of hydrogen-bond acceptors (Lipinski definition) is 9. The van der Waals surface area contributed by atoms with Gasteiger partial charge in [-0.05, 0) is 58.9 Å². The molecule has 262 valence electrons. The number of amides is 2. The van der Waals surface area contributed by atoms with Gasteiger partial charge in [-0.1, -0.05) is 11.8 Å². The van der Waals surface area contributed by atoms with Crippen molar-refractivity contribution in [2.75, 3.05) is 56.1 Å². The molecule has 3 aromatic heterocycles. The highest BCUT2D eigenvalue weighted by Crippen LogP contribution is 2.33. The number of carbonyl (C=O) groups excluding carboxylic acids is 2. The third-order valence-corrected chi connectivity index (χ3v) is 9.70. The summed E-state index contributed by atoms with van der Waals surface area (Å²) in [5, 5.41) is 11.1. The number of ether oxygens (including phenoxy) is 2. The van der Waals surface area contributed by atoms with Crippen molar-refractivity contribution in [1.29, 1.82) is 0 Å². The Morgan fingerprint density at radius 2 is 1.90 bits per heavy atom. The first-order chi connectivity index (χ1) is 23.5. The molecule has 4 aliphatic rings. The van der Waals surface area contributed by atoms with Crippen molar-refractivity contribution in [1.82, 2.24) is 34.2 Å². The van der Waals surface area contributed by atoms with Gasteiger partial charge >= 0.3 is 6.09 Å². The maximum Gasteiger partial charge on any atom is 0.410 e. The number of halogens is 2. The van der Waals surface area contributed by atoms with Gasteiger partial charge in [0.2, 0.25) is 0 Å².